The molecule has 1 rings (SSSR count). The van der Waals surface area contributed by atoms with Crippen LogP contribution >= 0.6 is 0 Å². The van der Waals surface area contributed by atoms with Crippen LogP contribution in [0.3, 0.4) is 0 Å². The zero-order valence-corrected chi connectivity index (χ0v) is 9.33. The van der Waals surface area contributed by atoms with Crippen LogP contribution < -0.4 is 14.8 Å². The Morgan fingerprint density at radius 3 is 2.40 bits per heavy atom. The Morgan fingerprint density at radius 2 is 1.87 bits per heavy atom. The van der Waals surface area contributed by atoms with E-state index in [9.17, 15) is 0 Å². The van der Waals surface area contributed by atoms with Gasteiger partial charge >= 0.3 is 0 Å². The first-order valence-electron chi connectivity index (χ1n) is 4.76. The van der Waals surface area contributed by atoms with Gasteiger partial charge in [-0.05, 0) is 24.6 Å². The molecule has 0 fully saturated rings. The van der Waals surface area contributed by atoms with Crippen molar-refractivity contribution in [1.82, 2.24) is 5.32 Å². The lowest BCUT2D eigenvalue weighted by Crippen LogP contribution is -2.14. The molecule has 0 saturated carbocycles. The fourth-order valence-corrected chi connectivity index (χ4v) is 1.44. The Kier molecular flexibility index (Phi) is 4.39. The molecule has 15 heavy (non-hydrogen) atoms. The number of methoxy groups -OCH3 is 2. The second-order valence-electron chi connectivity index (χ2n) is 3.22. The third-order valence-corrected chi connectivity index (χ3v) is 2.23. The zero-order valence-electron chi connectivity index (χ0n) is 9.33. The smallest absolute Gasteiger partial charge is 0.123 e. The van der Waals surface area contributed by atoms with Crippen molar-refractivity contribution >= 4 is 0 Å². The SMILES string of the molecule is COc1cc(CNCO)c(OC)cc1C. The van der Waals surface area contributed by atoms with Crippen molar-refractivity contribution in [3.8, 4) is 11.5 Å². The van der Waals surface area contributed by atoms with E-state index in [2.05, 4.69) is 5.32 Å². The van der Waals surface area contributed by atoms with E-state index in [1.54, 1.807) is 14.2 Å². The molecule has 0 bridgehead atoms. The van der Waals surface area contributed by atoms with E-state index < -0.39 is 0 Å². The number of rotatable bonds is 5. The Bertz CT molecular complexity index is 326. The van der Waals surface area contributed by atoms with Crippen LogP contribution in [0.15, 0.2) is 12.1 Å². The topological polar surface area (TPSA) is 50.7 Å². The van der Waals surface area contributed by atoms with E-state index >= 15 is 0 Å². The molecule has 0 spiro atoms. The molecule has 84 valence electrons. The first-order chi connectivity index (χ1) is 7.22. The van der Waals surface area contributed by atoms with Crippen molar-refractivity contribution in [3.63, 3.8) is 0 Å². The van der Waals surface area contributed by atoms with Crippen LogP contribution in [-0.4, -0.2) is 26.1 Å². The molecule has 4 nitrogen and oxygen atoms in total. The standard InChI is InChI=1S/C11H17NO3/c1-8-4-11(15-3)9(6-12-7-13)5-10(8)14-2/h4-5,12-13H,6-7H2,1-3H3. The fourth-order valence-electron chi connectivity index (χ4n) is 1.44. The summed E-state index contributed by atoms with van der Waals surface area (Å²) in [4.78, 5) is 0. The van der Waals surface area contributed by atoms with Crippen molar-refractivity contribution in [1.29, 1.82) is 0 Å². The molecule has 0 unspecified atom stereocenters. The van der Waals surface area contributed by atoms with Gasteiger partial charge in [0, 0.05) is 12.1 Å². The highest BCUT2D eigenvalue weighted by Gasteiger charge is 2.07. The normalized spacial score (nSPS) is 10.1. The molecule has 1 aromatic rings. The van der Waals surface area contributed by atoms with Gasteiger partial charge in [0.05, 0.1) is 21.0 Å². The average Bonchev–Trinajstić information content (AvgIpc) is 2.26. The molecule has 0 radical (unpaired) electrons. The van der Waals surface area contributed by atoms with Crippen molar-refractivity contribution in [2.45, 2.75) is 13.5 Å². The van der Waals surface area contributed by atoms with Crippen molar-refractivity contribution < 1.29 is 14.6 Å². The lowest BCUT2D eigenvalue weighted by atomic mass is 10.1. The number of aliphatic hydroxyl groups excluding tert-OH is 1. The van der Waals surface area contributed by atoms with Gasteiger partial charge in [0.1, 0.15) is 11.5 Å². The van der Waals surface area contributed by atoms with Crippen molar-refractivity contribution in [3.05, 3.63) is 23.3 Å². The highest BCUT2D eigenvalue weighted by Crippen LogP contribution is 2.27. The number of nitrogens with one attached hydrogen (secondary N) is 1. The van der Waals surface area contributed by atoms with Gasteiger partial charge < -0.3 is 14.6 Å². The largest absolute Gasteiger partial charge is 0.496 e. The Hall–Kier alpha value is -1.26. The summed E-state index contributed by atoms with van der Waals surface area (Å²) >= 11 is 0. The van der Waals surface area contributed by atoms with Gasteiger partial charge in [-0.15, -0.1) is 0 Å². The molecule has 0 amide bonds. The molecular formula is C11H17NO3. The zero-order chi connectivity index (χ0) is 11.3. The summed E-state index contributed by atoms with van der Waals surface area (Å²) in [7, 11) is 3.27. The lowest BCUT2D eigenvalue weighted by molar-refractivity contribution is 0.258. The monoisotopic (exact) mass is 211 g/mol. The minimum atomic E-state index is -0.0562. The maximum Gasteiger partial charge on any atom is 0.123 e. The van der Waals surface area contributed by atoms with Crippen LogP contribution in [0.1, 0.15) is 11.1 Å². The van der Waals surface area contributed by atoms with Crippen LogP contribution in [0.25, 0.3) is 0 Å². The van der Waals surface area contributed by atoms with E-state index in [0.717, 1.165) is 22.6 Å². The average molecular weight is 211 g/mol. The number of aliphatic hydroxyl groups is 1. The number of ether oxygens (including phenoxy) is 2. The summed E-state index contributed by atoms with van der Waals surface area (Å²) in [6.07, 6.45) is 0. The van der Waals surface area contributed by atoms with E-state index in [1.165, 1.54) is 0 Å². The number of benzene rings is 1. The minimum Gasteiger partial charge on any atom is -0.496 e. The molecular weight excluding hydrogens is 194 g/mol. The van der Waals surface area contributed by atoms with E-state index in [-0.39, 0.29) is 6.73 Å². The summed E-state index contributed by atoms with van der Waals surface area (Å²) in [6.45, 7) is 2.46. The molecule has 0 aromatic heterocycles. The van der Waals surface area contributed by atoms with E-state index in [0.29, 0.717) is 6.54 Å². The maximum atomic E-state index is 8.69. The highest BCUT2D eigenvalue weighted by molar-refractivity contribution is 5.45. The van der Waals surface area contributed by atoms with Crippen LogP contribution in [0.5, 0.6) is 11.5 Å². The molecule has 0 aliphatic heterocycles. The first-order valence-corrected chi connectivity index (χ1v) is 4.76. The summed E-state index contributed by atoms with van der Waals surface area (Å²) in [5.41, 5.74) is 2.00. The predicted octanol–water partition coefficient (Wildman–Crippen LogP) is 1.05. The Labute approximate surface area is 89.8 Å². The van der Waals surface area contributed by atoms with Gasteiger partial charge in [0.15, 0.2) is 0 Å². The second kappa shape index (κ2) is 5.58. The molecule has 0 atom stereocenters. The maximum absolute atomic E-state index is 8.69. The van der Waals surface area contributed by atoms with Crippen molar-refractivity contribution in [2.75, 3.05) is 21.0 Å². The van der Waals surface area contributed by atoms with E-state index in [4.69, 9.17) is 14.6 Å². The molecule has 0 aliphatic rings. The van der Waals surface area contributed by atoms with Gasteiger partial charge in [-0.3, -0.25) is 5.32 Å². The summed E-state index contributed by atoms with van der Waals surface area (Å²) in [5, 5.41) is 11.5. The van der Waals surface area contributed by atoms with Gasteiger partial charge in [-0.1, -0.05) is 0 Å². The number of hydrogen-bond acceptors (Lipinski definition) is 4. The third-order valence-electron chi connectivity index (χ3n) is 2.23. The van der Waals surface area contributed by atoms with Crippen molar-refractivity contribution in [2.24, 2.45) is 0 Å². The first kappa shape index (κ1) is 11.8. The molecule has 4 heteroatoms. The molecule has 2 N–H and O–H groups in total. The fraction of sp³-hybridized carbons (Fsp3) is 0.455. The van der Waals surface area contributed by atoms with Crippen LogP contribution in [-0.2, 0) is 6.54 Å². The molecule has 0 heterocycles. The van der Waals surface area contributed by atoms with Crippen LogP contribution in [0.4, 0.5) is 0 Å². The van der Waals surface area contributed by atoms with Gasteiger partial charge in [0.2, 0.25) is 0 Å². The Balaban J connectivity index is 2.99. The second-order valence-corrected chi connectivity index (χ2v) is 3.22. The lowest BCUT2D eigenvalue weighted by Gasteiger charge is -2.12. The van der Waals surface area contributed by atoms with Crippen LogP contribution in [0.2, 0.25) is 0 Å². The van der Waals surface area contributed by atoms with Crippen LogP contribution in [0, 0.1) is 6.92 Å². The predicted molar refractivity (Wildman–Crippen MR) is 58.2 cm³/mol. The molecule has 0 aliphatic carbocycles. The Morgan fingerprint density at radius 1 is 1.20 bits per heavy atom. The van der Waals surface area contributed by atoms with Gasteiger partial charge in [-0.25, -0.2) is 0 Å². The highest BCUT2D eigenvalue weighted by atomic mass is 16.5. The third kappa shape index (κ3) is 2.84. The van der Waals surface area contributed by atoms with Gasteiger partial charge in [-0.2, -0.15) is 0 Å². The quantitative estimate of drug-likeness (QED) is 0.715. The molecule has 1 aromatic carbocycles. The number of hydrogen-bond donors (Lipinski definition) is 2. The molecule has 0 saturated heterocycles. The number of aryl methyl sites for hydroxylation is 1. The summed E-state index contributed by atoms with van der Waals surface area (Å²) < 4.78 is 10.5. The summed E-state index contributed by atoms with van der Waals surface area (Å²) in [6, 6.07) is 3.84. The minimum absolute atomic E-state index is 0.0562. The van der Waals surface area contributed by atoms with Gasteiger partial charge in [0.25, 0.3) is 0 Å². The van der Waals surface area contributed by atoms with E-state index in [1.807, 2.05) is 19.1 Å². The summed E-state index contributed by atoms with van der Waals surface area (Å²) in [5.74, 6) is 1.62.